The van der Waals surface area contributed by atoms with Gasteiger partial charge in [0.05, 0.1) is 7.11 Å². The average Bonchev–Trinajstić information content (AvgIpc) is 2.58. The van der Waals surface area contributed by atoms with Gasteiger partial charge >= 0.3 is 0 Å². The third-order valence-electron chi connectivity index (χ3n) is 3.59. The lowest BCUT2D eigenvalue weighted by molar-refractivity contribution is -0.123. The predicted molar refractivity (Wildman–Crippen MR) is 92.7 cm³/mol. The standard InChI is InChI=1S/C16H25N3O3.ClH/c1-21-14-4-2-5-15(12-14)22-13-16(20)18-6-3-9-19-10-7-17-8-11-19;/h2,4-5,12,17H,3,6-11,13H2,1H3,(H,18,20);1H. The van der Waals surface area contributed by atoms with Crippen LogP contribution in [-0.4, -0.2) is 63.8 Å². The molecule has 0 bridgehead atoms. The largest absolute Gasteiger partial charge is 0.497 e. The number of rotatable bonds is 8. The van der Waals surface area contributed by atoms with E-state index in [1.807, 2.05) is 12.1 Å². The molecule has 6 nitrogen and oxygen atoms in total. The van der Waals surface area contributed by atoms with Gasteiger partial charge in [0.1, 0.15) is 11.5 Å². The summed E-state index contributed by atoms with van der Waals surface area (Å²) in [5, 5.41) is 6.21. The van der Waals surface area contributed by atoms with Crippen molar-refractivity contribution in [3.05, 3.63) is 24.3 Å². The normalized spacial score (nSPS) is 14.7. The Labute approximate surface area is 143 Å². The minimum Gasteiger partial charge on any atom is -0.497 e. The first-order valence-corrected chi connectivity index (χ1v) is 7.74. The number of carbonyl (C=O) groups is 1. The molecule has 0 spiro atoms. The van der Waals surface area contributed by atoms with E-state index in [2.05, 4.69) is 15.5 Å². The fourth-order valence-electron chi connectivity index (χ4n) is 2.36. The summed E-state index contributed by atoms with van der Waals surface area (Å²) in [5.74, 6) is 1.26. The summed E-state index contributed by atoms with van der Waals surface area (Å²) < 4.78 is 10.6. The van der Waals surface area contributed by atoms with Crippen LogP contribution in [0.4, 0.5) is 0 Å². The molecule has 1 amide bonds. The molecule has 1 heterocycles. The van der Waals surface area contributed by atoms with E-state index < -0.39 is 0 Å². The molecule has 2 N–H and O–H groups in total. The van der Waals surface area contributed by atoms with Crippen LogP contribution in [-0.2, 0) is 4.79 Å². The van der Waals surface area contributed by atoms with Crippen molar-refractivity contribution in [3.63, 3.8) is 0 Å². The molecule has 2 rings (SSSR count). The molecule has 1 saturated heterocycles. The highest BCUT2D eigenvalue weighted by atomic mass is 35.5. The maximum Gasteiger partial charge on any atom is 0.257 e. The first-order valence-electron chi connectivity index (χ1n) is 7.74. The van der Waals surface area contributed by atoms with Gasteiger partial charge in [0.25, 0.3) is 5.91 Å². The number of methoxy groups -OCH3 is 1. The van der Waals surface area contributed by atoms with Crippen LogP contribution in [0.15, 0.2) is 24.3 Å². The number of carbonyl (C=O) groups excluding carboxylic acids is 1. The van der Waals surface area contributed by atoms with E-state index in [1.165, 1.54) is 0 Å². The van der Waals surface area contributed by atoms with Gasteiger partial charge in [0, 0.05) is 38.8 Å². The number of nitrogens with one attached hydrogen (secondary N) is 2. The number of piperazine rings is 1. The van der Waals surface area contributed by atoms with Crippen molar-refractivity contribution < 1.29 is 14.3 Å². The van der Waals surface area contributed by atoms with Crippen molar-refractivity contribution in [2.24, 2.45) is 0 Å². The Bertz CT molecular complexity index is 468. The molecule has 1 fully saturated rings. The molecule has 0 unspecified atom stereocenters. The van der Waals surface area contributed by atoms with E-state index in [0.717, 1.165) is 39.1 Å². The smallest absolute Gasteiger partial charge is 0.257 e. The van der Waals surface area contributed by atoms with Gasteiger partial charge in [-0.05, 0) is 25.1 Å². The molecule has 23 heavy (non-hydrogen) atoms. The van der Waals surface area contributed by atoms with Crippen LogP contribution in [0, 0.1) is 0 Å². The maximum absolute atomic E-state index is 11.7. The van der Waals surface area contributed by atoms with Gasteiger partial charge in [-0.25, -0.2) is 0 Å². The van der Waals surface area contributed by atoms with Crippen molar-refractivity contribution >= 4 is 18.3 Å². The Morgan fingerprint density at radius 2 is 2.04 bits per heavy atom. The fraction of sp³-hybridized carbons (Fsp3) is 0.562. The quantitative estimate of drug-likeness (QED) is 0.687. The van der Waals surface area contributed by atoms with Gasteiger partial charge in [0.15, 0.2) is 6.61 Å². The highest BCUT2D eigenvalue weighted by Gasteiger charge is 2.09. The lowest BCUT2D eigenvalue weighted by Crippen LogP contribution is -2.44. The second-order valence-corrected chi connectivity index (χ2v) is 5.26. The molecule has 0 atom stereocenters. The maximum atomic E-state index is 11.7. The summed E-state index contributed by atoms with van der Waals surface area (Å²) in [4.78, 5) is 14.1. The number of hydrogen-bond acceptors (Lipinski definition) is 5. The zero-order valence-electron chi connectivity index (χ0n) is 13.5. The first-order chi connectivity index (χ1) is 10.8. The first kappa shape index (κ1) is 19.5. The molecule has 1 aromatic rings. The summed E-state index contributed by atoms with van der Waals surface area (Å²) in [7, 11) is 1.60. The van der Waals surface area contributed by atoms with Crippen molar-refractivity contribution in [1.82, 2.24) is 15.5 Å². The number of hydrogen-bond donors (Lipinski definition) is 2. The zero-order chi connectivity index (χ0) is 15.6. The minimum atomic E-state index is -0.0943. The van der Waals surface area contributed by atoms with Crippen LogP contribution in [0.25, 0.3) is 0 Å². The van der Waals surface area contributed by atoms with Gasteiger partial charge in [0.2, 0.25) is 0 Å². The molecule has 0 saturated carbocycles. The number of ether oxygens (including phenoxy) is 2. The van der Waals surface area contributed by atoms with E-state index in [1.54, 1.807) is 19.2 Å². The van der Waals surface area contributed by atoms with Crippen LogP contribution in [0.3, 0.4) is 0 Å². The molecular weight excluding hydrogens is 318 g/mol. The van der Waals surface area contributed by atoms with Gasteiger partial charge in [-0.2, -0.15) is 0 Å². The van der Waals surface area contributed by atoms with Crippen LogP contribution in [0.2, 0.25) is 0 Å². The number of benzene rings is 1. The molecular formula is C16H26ClN3O3. The summed E-state index contributed by atoms with van der Waals surface area (Å²) in [6.45, 7) is 6.03. The Morgan fingerprint density at radius 1 is 1.30 bits per heavy atom. The number of amides is 1. The Hall–Kier alpha value is -1.50. The van der Waals surface area contributed by atoms with E-state index >= 15 is 0 Å². The molecule has 0 radical (unpaired) electrons. The van der Waals surface area contributed by atoms with Gasteiger partial charge in [-0.3, -0.25) is 4.79 Å². The second kappa shape index (κ2) is 11.1. The Morgan fingerprint density at radius 3 is 2.78 bits per heavy atom. The molecule has 1 aromatic carbocycles. The van der Waals surface area contributed by atoms with Crippen molar-refractivity contribution in [3.8, 4) is 11.5 Å². The second-order valence-electron chi connectivity index (χ2n) is 5.26. The molecule has 0 aromatic heterocycles. The van der Waals surface area contributed by atoms with Crippen LogP contribution in [0.1, 0.15) is 6.42 Å². The van der Waals surface area contributed by atoms with E-state index in [-0.39, 0.29) is 24.9 Å². The molecule has 130 valence electrons. The van der Waals surface area contributed by atoms with Crippen LogP contribution < -0.4 is 20.1 Å². The fourth-order valence-corrected chi connectivity index (χ4v) is 2.36. The van der Waals surface area contributed by atoms with Crippen molar-refractivity contribution in [2.45, 2.75) is 6.42 Å². The Balaban J connectivity index is 0.00000264. The van der Waals surface area contributed by atoms with Crippen LogP contribution in [0.5, 0.6) is 11.5 Å². The molecule has 0 aliphatic carbocycles. The molecule has 7 heteroatoms. The Kier molecular flexibility index (Phi) is 9.43. The lowest BCUT2D eigenvalue weighted by Gasteiger charge is -2.27. The van der Waals surface area contributed by atoms with Gasteiger partial charge in [-0.15, -0.1) is 12.4 Å². The highest BCUT2D eigenvalue weighted by molar-refractivity contribution is 5.85. The zero-order valence-corrected chi connectivity index (χ0v) is 14.4. The monoisotopic (exact) mass is 343 g/mol. The predicted octanol–water partition coefficient (Wildman–Crippen LogP) is 0.907. The minimum absolute atomic E-state index is 0. The van der Waals surface area contributed by atoms with Crippen molar-refractivity contribution in [2.75, 3.05) is 53.0 Å². The van der Waals surface area contributed by atoms with Gasteiger partial charge < -0.3 is 25.0 Å². The third kappa shape index (κ3) is 7.54. The summed E-state index contributed by atoms with van der Waals surface area (Å²) in [6, 6.07) is 7.24. The topological polar surface area (TPSA) is 62.8 Å². The average molecular weight is 344 g/mol. The van der Waals surface area contributed by atoms with Crippen LogP contribution >= 0.6 is 12.4 Å². The summed E-state index contributed by atoms with van der Waals surface area (Å²) in [5.41, 5.74) is 0. The molecule has 1 aliphatic heterocycles. The summed E-state index contributed by atoms with van der Waals surface area (Å²) >= 11 is 0. The SMILES string of the molecule is COc1cccc(OCC(=O)NCCCN2CCNCC2)c1.Cl. The van der Waals surface area contributed by atoms with Gasteiger partial charge in [-0.1, -0.05) is 6.07 Å². The summed E-state index contributed by atoms with van der Waals surface area (Å²) in [6.07, 6.45) is 0.963. The van der Waals surface area contributed by atoms with E-state index in [0.29, 0.717) is 18.0 Å². The number of halogens is 1. The van der Waals surface area contributed by atoms with E-state index in [9.17, 15) is 4.79 Å². The molecule has 1 aliphatic rings. The van der Waals surface area contributed by atoms with E-state index in [4.69, 9.17) is 9.47 Å². The highest BCUT2D eigenvalue weighted by Crippen LogP contribution is 2.18. The third-order valence-corrected chi connectivity index (χ3v) is 3.59. The number of nitrogens with zero attached hydrogens (tertiary/aromatic N) is 1. The lowest BCUT2D eigenvalue weighted by atomic mass is 10.3. The van der Waals surface area contributed by atoms with Crippen molar-refractivity contribution in [1.29, 1.82) is 0 Å².